The van der Waals surface area contributed by atoms with E-state index in [1.165, 1.54) is 12.8 Å². The van der Waals surface area contributed by atoms with Gasteiger partial charge in [-0.15, -0.1) is 0 Å². The van der Waals surface area contributed by atoms with Gasteiger partial charge in [0.1, 0.15) is 5.75 Å². The summed E-state index contributed by atoms with van der Waals surface area (Å²) in [5.41, 5.74) is 0.635. The van der Waals surface area contributed by atoms with Gasteiger partial charge in [-0.2, -0.15) is 0 Å². The number of amides is 1. The van der Waals surface area contributed by atoms with E-state index in [-0.39, 0.29) is 5.91 Å². The fraction of sp³-hybridized carbons (Fsp3) is 0.533. The molecule has 1 heterocycles. The number of methoxy groups -OCH3 is 1. The third-order valence-electron chi connectivity index (χ3n) is 3.62. The van der Waals surface area contributed by atoms with Gasteiger partial charge in [-0.3, -0.25) is 4.79 Å². The van der Waals surface area contributed by atoms with E-state index in [9.17, 15) is 4.79 Å². The van der Waals surface area contributed by atoms with Crippen molar-refractivity contribution < 1.29 is 9.53 Å². The largest absolute Gasteiger partial charge is 0.496 e. The van der Waals surface area contributed by atoms with E-state index in [2.05, 4.69) is 5.32 Å². The van der Waals surface area contributed by atoms with Gasteiger partial charge in [0, 0.05) is 13.6 Å². The van der Waals surface area contributed by atoms with Crippen molar-refractivity contribution in [1.82, 2.24) is 10.2 Å². The molecule has 4 nitrogen and oxygen atoms in total. The number of hydrogen-bond donors (Lipinski definition) is 1. The molecule has 1 amide bonds. The smallest absolute Gasteiger partial charge is 0.257 e. The van der Waals surface area contributed by atoms with Gasteiger partial charge in [0.2, 0.25) is 0 Å². The van der Waals surface area contributed by atoms with Gasteiger partial charge in [-0.05, 0) is 44.0 Å². The Labute approximate surface area is 114 Å². The minimum Gasteiger partial charge on any atom is -0.496 e. The lowest BCUT2D eigenvalue weighted by atomic mass is 9.99. The van der Waals surface area contributed by atoms with Crippen LogP contribution in [0.25, 0.3) is 0 Å². The Morgan fingerprint density at radius 2 is 2.26 bits per heavy atom. The van der Waals surface area contributed by atoms with Crippen LogP contribution in [0.2, 0.25) is 0 Å². The van der Waals surface area contributed by atoms with Crippen molar-refractivity contribution in [3.8, 4) is 5.75 Å². The van der Waals surface area contributed by atoms with Crippen molar-refractivity contribution in [2.24, 2.45) is 5.92 Å². The highest BCUT2D eigenvalue weighted by Crippen LogP contribution is 2.20. The van der Waals surface area contributed by atoms with Crippen molar-refractivity contribution in [2.45, 2.75) is 12.8 Å². The highest BCUT2D eigenvalue weighted by atomic mass is 16.5. The molecule has 19 heavy (non-hydrogen) atoms. The number of carbonyl (C=O) groups excluding carboxylic acids is 1. The van der Waals surface area contributed by atoms with Crippen molar-refractivity contribution >= 4 is 5.91 Å². The van der Waals surface area contributed by atoms with E-state index < -0.39 is 0 Å². The zero-order valence-corrected chi connectivity index (χ0v) is 11.7. The normalized spacial score (nSPS) is 18.9. The minimum atomic E-state index is 0.0306. The number of piperidine rings is 1. The molecule has 1 aromatic carbocycles. The van der Waals surface area contributed by atoms with Crippen LogP contribution in [0.1, 0.15) is 23.2 Å². The molecular weight excluding hydrogens is 240 g/mol. The second-order valence-corrected chi connectivity index (χ2v) is 5.10. The van der Waals surface area contributed by atoms with E-state index in [4.69, 9.17) is 4.74 Å². The van der Waals surface area contributed by atoms with E-state index in [1.807, 2.05) is 31.3 Å². The second kappa shape index (κ2) is 6.57. The van der Waals surface area contributed by atoms with Gasteiger partial charge < -0.3 is 15.0 Å². The molecule has 0 radical (unpaired) electrons. The summed E-state index contributed by atoms with van der Waals surface area (Å²) in [6, 6.07) is 7.38. The quantitative estimate of drug-likeness (QED) is 0.899. The maximum Gasteiger partial charge on any atom is 0.257 e. The third kappa shape index (κ3) is 3.47. The molecule has 104 valence electrons. The monoisotopic (exact) mass is 262 g/mol. The van der Waals surface area contributed by atoms with Crippen LogP contribution >= 0.6 is 0 Å². The molecule has 0 saturated carbocycles. The molecule has 1 N–H and O–H groups in total. The SMILES string of the molecule is COc1ccccc1C(=O)N(C)CC1CCCNC1. The molecule has 0 bridgehead atoms. The summed E-state index contributed by atoms with van der Waals surface area (Å²) in [4.78, 5) is 14.2. The predicted octanol–water partition coefficient (Wildman–Crippen LogP) is 1.77. The molecule has 2 rings (SSSR count). The van der Waals surface area contributed by atoms with E-state index in [1.54, 1.807) is 12.0 Å². The predicted molar refractivity (Wildman–Crippen MR) is 75.5 cm³/mol. The molecular formula is C15H22N2O2. The molecule has 1 aromatic rings. The summed E-state index contributed by atoms with van der Waals surface area (Å²) in [5, 5.41) is 3.38. The Balaban J connectivity index is 2.01. The average Bonchev–Trinajstić information content (AvgIpc) is 2.47. The molecule has 0 spiro atoms. The molecule has 1 saturated heterocycles. The van der Waals surface area contributed by atoms with E-state index >= 15 is 0 Å². The molecule has 1 aliphatic rings. The average molecular weight is 262 g/mol. The van der Waals surface area contributed by atoms with Crippen LogP contribution in [0.4, 0.5) is 0 Å². The van der Waals surface area contributed by atoms with Crippen molar-refractivity contribution in [1.29, 1.82) is 0 Å². The molecule has 1 fully saturated rings. The van der Waals surface area contributed by atoms with Crippen LogP contribution < -0.4 is 10.1 Å². The first kappa shape index (κ1) is 13.9. The topological polar surface area (TPSA) is 41.6 Å². The number of hydrogen-bond acceptors (Lipinski definition) is 3. The Morgan fingerprint density at radius 3 is 2.95 bits per heavy atom. The number of ether oxygens (including phenoxy) is 1. The zero-order chi connectivity index (χ0) is 13.7. The fourth-order valence-corrected chi connectivity index (χ4v) is 2.58. The van der Waals surface area contributed by atoms with Crippen molar-refractivity contribution in [3.05, 3.63) is 29.8 Å². The maximum absolute atomic E-state index is 12.4. The molecule has 1 aliphatic heterocycles. The highest BCUT2D eigenvalue weighted by molar-refractivity contribution is 5.96. The standard InChI is InChI=1S/C15H22N2O2/c1-17(11-12-6-5-9-16-10-12)15(18)13-7-3-4-8-14(13)19-2/h3-4,7-8,12,16H,5-6,9-11H2,1-2H3. The third-order valence-corrected chi connectivity index (χ3v) is 3.62. The Bertz CT molecular complexity index is 428. The molecule has 0 aromatic heterocycles. The minimum absolute atomic E-state index is 0.0306. The lowest BCUT2D eigenvalue weighted by molar-refractivity contribution is 0.0761. The lowest BCUT2D eigenvalue weighted by Gasteiger charge is -2.28. The van der Waals surface area contributed by atoms with Gasteiger partial charge in [-0.25, -0.2) is 0 Å². The van der Waals surface area contributed by atoms with Crippen LogP contribution in [-0.4, -0.2) is 44.6 Å². The Kier molecular flexibility index (Phi) is 4.80. The summed E-state index contributed by atoms with van der Waals surface area (Å²) in [6.45, 7) is 2.90. The number of rotatable bonds is 4. The van der Waals surface area contributed by atoms with Crippen LogP contribution in [0.5, 0.6) is 5.75 Å². The first-order valence-electron chi connectivity index (χ1n) is 6.81. The van der Waals surface area contributed by atoms with Crippen LogP contribution in [0, 0.1) is 5.92 Å². The molecule has 4 heteroatoms. The van der Waals surface area contributed by atoms with Crippen LogP contribution in [-0.2, 0) is 0 Å². The Morgan fingerprint density at radius 1 is 1.47 bits per heavy atom. The van der Waals surface area contributed by atoms with Crippen LogP contribution in [0.3, 0.4) is 0 Å². The van der Waals surface area contributed by atoms with Crippen molar-refractivity contribution in [2.75, 3.05) is 33.8 Å². The van der Waals surface area contributed by atoms with Crippen molar-refractivity contribution in [3.63, 3.8) is 0 Å². The van der Waals surface area contributed by atoms with Gasteiger partial charge >= 0.3 is 0 Å². The fourth-order valence-electron chi connectivity index (χ4n) is 2.58. The Hall–Kier alpha value is -1.55. The molecule has 0 aliphatic carbocycles. The number of carbonyl (C=O) groups is 1. The first-order valence-corrected chi connectivity index (χ1v) is 6.81. The summed E-state index contributed by atoms with van der Waals surface area (Å²) >= 11 is 0. The maximum atomic E-state index is 12.4. The first-order chi connectivity index (χ1) is 9.22. The van der Waals surface area contributed by atoms with Crippen LogP contribution in [0.15, 0.2) is 24.3 Å². The summed E-state index contributed by atoms with van der Waals surface area (Å²) < 4.78 is 5.25. The molecule has 1 atom stereocenters. The van der Waals surface area contributed by atoms with E-state index in [0.717, 1.165) is 19.6 Å². The van der Waals surface area contributed by atoms with Gasteiger partial charge in [0.15, 0.2) is 0 Å². The lowest BCUT2D eigenvalue weighted by Crippen LogP contribution is -2.39. The zero-order valence-electron chi connectivity index (χ0n) is 11.7. The number of nitrogens with one attached hydrogen (secondary N) is 1. The van der Waals surface area contributed by atoms with E-state index in [0.29, 0.717) is 17.2 Å². The van der Waals surface area contributed by atoms with Gasteiger partial charge in [-0.1, -0.05) is 12.1 Å². The molecule has 1 unspecified atom stereocenters. The number of benzene rings is 1. The second-order valence-electron chi connectivity index (χ2n) is 5.10. The summed E-state index contributed by atoms with van der Waals surface area (Å²) in [5.74, 6) is 1.22. The summed E-state index contributed by atoms with van der Waals surface area (Å²) in [7, 11) is 3.46. The summed E-state index contributed by atoms with van der Waals surface area (Å²) in [6.07, 6.45) is 2.39. The highest BCUT2D eigenvalue weighted by Gasteiger charge is 2.20. The van der Waals surface area contributed by atoms with Gasteiger partial charge in [0.05, 0.1) is 12.7 Å². The van der Waals surface area contributed by atoms with Gasteiger partial charge in [0.25, 0.3) is 5.91 Å². The number of nitrogens with zero attached hydrogens (tertiary/aromatic N) is 1. The number of para-hydroxylation sites is 1.